The van der Waals surface area contributed by atoms with Crippen molar-refractivity contribution in [2.24, 2.45) is 41.1 Å². The van der Waals surface area contributed by atoms with Crippen molar-refractivity contribution in [2.45, 2.75) is 220 Å². The monoisotopic (exact) mass is 1480 g/mol. The van der Waals surface area contributed by atoms with Gasteiger partial charge >= 0.3 is 11.9 Å². The number of ether oxygens (including phenoxy) is 4. The average Bonchev–Trinajstić information content (AvgIpc) is 0.847. The van der Waals surface area contributed by atoms with E-state index < -0.39 is 124 Å². The largest absolute Gasteiger partial charge is 0.481 e. The molecule has 1 aromatic carbocycles. The van der Waals surface area contributed by atoms with Crippen molar-refractivity contribution in [3.8, 4) is 0 Å². The predicted octanol–water partition coefficient (Wildman–Crippen LogP) is 4.05. The fourth-order valence-corrected chi connectivity index (χ4v) is 11.8. The topological polar surface area (TPSA) is 497 Å². The molecule has 7 atom stereocenters. The predicted molar refractivity (Wildman–Crippen MR) is 384 cm³/mol. The van der Waals surface area contributed by atoms with Crippen LogP contribution < -0.4 is 48.7 Å². The zero-order chi connectivity index (χ0) is 77.0. The van der Waals surface area contributed by atoms with Gasteiger partial charge in [-0.25, -0.2) is 4.79 Å². The van der Waals surface area contributed by atoms with Gasteiger partial charge in [0.05, 0.1) is 57.4 Å². The van der Waals surface area contributed by atoms with Gasteiger partial charge in [-0.3, -0.25) is 62.7 Å². The standard InChI is InChI=1S/C71H120N10O21S/c1-49(2)42-56(82)44-54(60(83)45-55(69(92)93)46-63(86)79-52(5)66(89)51(4)57(23-21-32-78-71(73)74)68(91)81-59(67(72)90)43-53-27-25-50(3)26-28-53)22-18-19-31-75-64(87)47-101-39-38-100-36-34-77-65(88)48-102-40-37-99-35-33-76-61(84)30-29-58(70(94)95)80-62(85)24-17-15-13-11-9-7-6-8-10-12-14-16-20-41-103(96,97)98/h25-28,49,51-52,54-55,57-59H,6-24,29-48H2,1-5H3,(H2,72,90)(H,75,87)(H,76,84)(H,77,88)(H,79,86)(H,80,85)(H,81,91)(H,92,93)(H,94,95)(H4,73,74,78)(H,96,97,98)/t51?,52-,54+,55-,57?,58-,59-/m0/s1. The molecule has 7 amide bonds. The molecule has 0 bridgehead atoms. The molecule has 32 heteroatoms. The minimum atomic E-state index is -3.87. The number of primary amides is 1. The Kier molecular flexibility index (Phi) is 50.8. The minimum absolute atomic E-state index is 0.00356. The number of unbranched alkanes of at least 4 members (excludes halogenated alkanes) is 13. The number of ketones is 3. The lowest BCUT2D eigenvalue weighted by Gasteiger charge is -2.27. The summed E-state index contributed by atoms with van der Waals surface area (Å²) in [4.78, 5) is 154. The smallest absolute Gasteiger partial charge is 0.326 e. The van der Waals surface area contributed by atoms with Crippen molar-refractivity contribution in [2.75, 3.05) is 84.8 Å². The summed E-state index contributed by atoms with van der Waals surface area (Å²) in [5.41, 5.74) is 12.8. The van der Waals surface area contributed by atoms with Crippen LogP contribution in [0.3, 0.4) is 0 Å². The van der Waals surface area contributed by atoms with Gasteiger partial charge < -0.3 is 77.8 Å². The molecule has 0 saturated heterocycles. The number of amides is 7. The fraction of sp³-hybridized carbons (Fsp3) is 0.732. The van der Waals surface area contributed by atoms with E-state index in [-0.39, 0.29) is 166 Å². The van der Waals surface area contributed by atoms with Gasteiger partial charge in [-0.05, 0) is 70.3 Å². The summed E-state index contributed by atoms with van der Waals surface area (Å²) in [5, 5.41) is 45.6. The van der Waals surface area contributed by atoms with Crippen molar-refractivity contribution >= 4 is 86.7 Å². The van der Waals surface area contributed by atoms with Crippen LogP contribution in [0, 0.1) is 41.9 Å². The molecule has 0 spiro atoms. The Morgan fingerprint density at radius 1 is 0.495 bits per heavy atom. The molecule has 0 aliphatic carbocycles. The van der Waals surface area contributed by atoms with Crippen LogP contribution in [-0.4, -0.2) is 203 Å². The van der Waals surface area contributed by atoms with Crippen LogP contribution in [0.5, 0.6) is 0 Å². The number of carboxylic acid groups (broad SMARTS) is 2. The van der Waals surface area contributed by atoms with Gasteiger partial charge in [-0.2, -0.15) is 8.42 Å². The first-order valence-electron chi connectivity index (χ1n) is 36.3. The van der Waals surface area contributed by atoms with E-state index in [2.05, 4.69) is 37.2 Å². The average molecular weight is 1480 g/mol. The van der Waals surface area contributed by atoms with E-state index in [1.165, 1.54) is 13.8 Å². The molecule has 0 aliphatic heterocycles. The lowest BCUT2D eigenvalue weighted by molar-refractivity contribution is -0.146. The van der Waals surface area contributed by atoms with Gasteiger partial charge in [-0.1, -0.05) is 128 Å². The SMILES string of the molecule is Cc1ccc(C[C@H](NC(=O)C(CCCNC(=N)N)C(C)C(=O)[C@H](C)NC(=O)C[C@H](CC(=O)[C@H](CCCCNC(=O)COCCOCCNC(=O)COCCOCCNC(=O)CC[C@H](NC(=O)CCCCCCCCCCCCCCCS(=O)(=O)O)C(=O)O)CC(=O)CC(C)C)C(=O)O)C(N)=O)cc1. The number of Topliss-reactive ketones (excluding diaryl/α,β-unsaturated/α-hetero) is 3. The third-order valence-electron chi connectivity index (χ3n) is 17.0. The molecule has 2 unspecified atom stereocenters. The summed E-state index contributed by atoms with van der Waals surface area (Å²) >= 11 is 0. The molecular formula is C71H120N10O21S. The van der Waals surface area contributed by atoms with Crippen LogP contribution >= 0.6 is 0 Å². The van der Waals surface area contributed by atoms with Gasteiger partial charge in [0.15, 0.2) is 11.7 Å². The summed E-state index contributed by atoms with van der Waals surface area (Å²) in [5.74, 6) is -12.7. The van der Waals surface area contributed by atoms with Gasteiger partial charge in [-0.15, -0.1) is 0 Å². The van der Waals surface area contributed by atoms with E-state index in [1.807, 2.05) is 32.9 Å². The van der Waals surface area contributed by atoms with Gasteiger partial charge in [0.2, 0.25) is 41.4 Å². The van der Waals surface area contributed by atoms with Crippen LogP contribution in [0.25, 0.3) is 0 Å². The lowest BCUT2D eigenvalue weighted by atomic mass is 9.83. The highest BCUT2D eigenvalue weighted by atomic mass is 32.2. The van der Waals surface area contributed by atoms with Crippen molar-refractivity contribution < 1.29 is 99.7 Å². The third kappa shape index (κ3) is 49.7. The number of carboxylic acids is 2. The molecule has 0 saturated carbocycles. The van der Waals surface area contributed by atoms with Crippen LogP contribution in [0.2, 0.25) is 0 Å². The third-order valence-corrected chi connectivity index (χ3v) is 17.8. The molecule has 586 valence electrons. The van der Waals surface area contributed by atoms with Crippen LogP contribution in [0.4, 0.5) is 0 Å². The molecule has 0 radical (unpaired) electrons. The van der Waals surface area contributed by atoms with Crippen LogP contribution in [0.15, 0.2) is 24.3 Å². The van der Waals surface area contributed by atoms with E-state index in [9.17, 15) is 76.2 Å². The number of nitrogens with one attached hydrogen (secondary N) is 8. The van der Waals surface area contributed by atoms with E-state index >= 15 is 0 Å². The zero-order valence-electron chi connectivity index (χ0n) is 61.3. The zero-order valence-corrected chi connectivity index (χ0v) is 62.1. The molecule has 0 heterocycles. The molecule has 0 fully saturated rings. The normalized spacial score (nSPS) is 13.4. The molecule has 103 heavy (non-hydrogen) atoms. The highest BCUT2D eigenvalue weighted by Crippen LogP contribution is 2.25. The summed E-state index contributed by atoms with van der Waals surface area (Å²) < 4.78 is 51.8. The highest BCUT2D eigenvalue weighted by molar-refractivity contribution is 7.85. The van der Waals surface area contributed by atoms with E-state index in [1.54, 1.807) is 12.1 Å². The van der Waals surface area contributed by atoms with Crippen molar-refractivity contribution in [3.63, 3.8) is 0 Å². The number of aryl methyl sites for hydroxylation is 1. The van der Waals surface area contributed by atoms with Gasteiger partial charge in [0.25, 0.3) is 10.1 Å². The van der Waals surface area contributed by atoms with Crippen molar-refractivity contribution in [1.82, 2.24) is 37.2 Å². The second-order valence-corrected chi connectivity index (χ2v) is 28.2. The Labute approximate surface area is 607 Å². The molecule has 15 N–H and O–H groups in total. The summed E-state index contributed by atoms with van der Waals surface area (Å²) in [7, 11) is -3.87. The number of rotatable bonds is 65. The quantitative estimate of drug-likeness (QED) is 0.0189. The lowest BCUT2D eigenvalue weighted by Crippen LogP contribution is -2.51. The Morgan fingerprint density at radius 3 is 1.54 bits per heavy atom. The van der Waals surface area contributed by atoms with Crippen LogP contribution in [0.1, 0.15) is 199 Å². The first-order chi connectivity index (χ1) is 48.9. The van der Waals surface area contributed by atoms with Gasteiger partial charge in [0, 0.05) is 88.9 Å². The summed E-state index contributed by atoms with van der Waals surface area (Å²) in [6, 6.07) is 3.77. The number of guanidine groups is 1. The van der Waals surface area contributed by atoms with E-state index in [4.69, 9.17) is 40.4 Å². The fourth-order valence-electron chi connectivity index (χ4n) is 11.2. The summed E-state index contributed by atoms with van der Waals surface area (Å²) in [6.45, 7) is 9.42. The number of benzene rings is 1. The Balaban J connectivity index is 2.37. The van der Waals surface area contributed by atoms with Crippen molar-refractivity contribution in [1.29, 1.82) is 5.41 Å². The Morgan fingerprint density at radius 2 is 1.02 bits per heavy atom. The first kappa shape index (κ1) is 93.5. The molecule has 0 aliphatic rings. The second kappa shape index (κ2) is 55.9. The number of hydrogen-bond acceptors (Lipinski definition) is 19. The maximum Gasteiger partial charge on any atom is 0.326 e. The molecular weight excluding hydrogens is 1360 g/mol. The number of nitrogens with two attached hydrogens (primary N) is 2. The van der Waals surface area contributed by atoms with E-state index in [0.29, 0.717) is 25.7 Å². The summed E-state index contributed by atoms with van der Waals surface area (Å²) in [6.07, 6.45) is 12.7. The Hall–Kier alpha value is -7.52. The van der Waals surface area contributed by atoms with Crippen LogP contribution in [-0.2, 0) is 93.0 Å². The molecule has 1 rings (SSSR count). The van der Waals surface area contributed by atoms with Crippen molar-refractivity contribution in [3.05, 3.63) is 35.4 Å². The minimum Gasteiger partial charge on any atom is -0.481 e. The Bertz CT molecular complexity index is 2870. The number of carbonyl (C=O) groups is 12. The first-order valence-corrected chi connectivity index (χ1v) is 37.9. The molecule has 0 aromatic heterocycles. The number of hydrogen-bond donors (Lipinski definition) is 13. The number of aliphatic carboxylic acids is 2. The maximum absolute atomic E-state index is 13.9. The molecule has 31 nitrogen and oxygen atoms in total. The second-order valence-electron chi connectivity index (χ2n) is 26.7. The highest BCUT2D eigenvalue weighted by Gasteiger charge is 2.36. The maximum atomic E-state index is 13.9. The van der Waals surface area contributed by atoms with E-state index in [0.717, 1.165) is 81.8 Å². The number of carbonyl (C=O) groups excluding carboxylic acids is 10. The molecule has 1 aromatic rings. The van der Waals surface area contributed by atoms with Gasteiger partial charge in [0.1, 0.15) is 36.9 Å².